The summed E-state index contributed by atoms with van der Waals surface area (Å²) >= 11 is 0. The molecular formula is C19H19FN3O. The first-order chi connectivity index (χ1) is 11.7. The molecule has 4 nitrogen and oxygen atoms in total. The molecule has 2 N–H and O–H groups in total. The summed E-state index contributed by atoms with van der Waals surface area (Å²) in [5.74, 6) is 0. The summed E-state index contributed by atoms with van der Waals surface area (Å²) in [5.41, 5.74) is 3.45. The Morgan fingerprint density at radius 1 is 1.25 bits per heavy atom. The minimum atomic E-state index is -0.642. The predicted octanol–water partition coefficient (Wildman–Crippen LogP) is 3.26. The van der Waals surface area contributed by atoms with E-state index in [9.17, 15) is 9.18 Å². The van der Waals surface area contributed by atoms with Gasteiger partial charge < -0.3 is 9.97 Å². The minimum Gasteiger partial charge on any atom is -0.354 e. The molecule has 0 aliphatic carbocycles. The third-order valence-corrected chi connectivity index (χ3v) is 4.66. The van der Waals surface area contributed by atoms with Crippen molar-refractivity contribution in [3.05, 3.63) is 58.5 Å². The van der Waals surface area contributed by atoms with Gasteiger partial charge in [0.05, 0.1) is 11.3 Å². The number of pyridine rings is 1. The number of piperidine rings is 1. The van der Waals surface area contributed by atoms with Crippen molar-refractivity contribution in [3.63, 3.8) is 0 Å². The van der Waals surface area contributed by atoms with Gasteiger partial charge in [-0.3, -0.25) is 9.69 Å². The monoisotopic (exact) mass is 324 g/mol. The van der Waals surface area contributed by atoms with E-state index in [0.717, 1.165) is 36.2 Å². The molecule has 24 heavy (non-hydrogen) atoms. The van der Waals surface area contributed by atoms with Gasteiger partial charge in [0.2, 0.25) is 0 Å². The Kier molecular flexibility index (Phi) is 3.94. The Hall–Kier alpha value is -2.40. The molecule has 1 radical (unpaired) electrons. The van der Waals surface area contributed by atoms with Gasteiger partial charge in [-0.15, -0.1) is 0 Å². The summed E-state index contributed by atoms with van der Waals surface area (Å²) in [4.78, 5) is 20.1. The van der Waals surface area contributed by atoms with Gasteiger partial charge in [0.15, 0.2) is 0 Å². The fraction of sp³-hybridized carbons (Fsp3) is 0.316. The zero-order valence-electron chi connectivity index (χ0n) is 13.3. The number of halogens is 1. The number of aromatic nitrogens is 2. The lowest BCUT2D eigenvalue weighted by atomic mass is 10.1. The van der Waals surface area contributed by atoms with Crippen molar-refractivity contribution in [1.29, 1.82) is 0 Å². The number of benzene rings is 1. The first-order valence-corrected chi connectivity index (χ1v) is 8.26. The van der Waals surface area contributed by atoms with Crippen LogP contribution in [0.4, 0.5) is 4.39 Å². The third-order valence-electron chi connectivity index (χ3n) is 4.66. The van der Waals surface area contributed by atoms with Crippen molar-refractivity contribution < 1.29 is 4.39 Å². The number of nitrogens with one attached hydrogen (secondary N) is 2. The zero-order chi connectivity index (χ0) is 16.5. The maximum atomic E-state index is 13.2. The zero-order valence-corrected chi connectivity index (χ0v) is 13.3. The van der Waals surface area contributed by atoms with E-state index in [1.807, 2.05) is 12.1 Å². The smallest absolute Gasteiger partial charge is 0.257 e. The molecule has 3 heterocycles. The summed E-state index contributed by atoms with van der Waals surface area (Å²) in [5, 5.41) is 1.08. The molecule has 0 atom stereocenters. The highest BCUT2D eigenvalue weighted by Gasteiger charge is 2.18. The van der Waals surface area contributed by atoms with Crippen LogP contribution in [0.2, 0.25) is 0 Å². The van der Waals surface area contributed by atoms with Crippen LogP contribution in [0.5, 0.6) is 0 Å². The normalized spacial score (nSPS) is 16.7. The Morgan fingerprint density at radius 2 is 2.08 bits per heavy atom. The second-order valence-corrected chi connectivity index (χ2v) is 6.40. The number of alkyl halides is 1. The Morgan fingerprint density at radius 3 is 2.88 bits per heavy atom. The fourth-order valence-corrected chi connectivity index (χ4v) is 3.32. The molecule has 1 aromatic carbocycles. The fourth-order valence-electron chi connectivity index (χ4n) is 3.32. The van der Waals surface area contributed by atoms with Crippen LogP contribution in [0.3, 0.4) is 0 Å². The molecule has 5 heteroatoms. The van der Waals surface area contributed by atoms with E-state index in [2.05, 4.69) is 33.1 Å². The van der Waals surface area contributed by atoms with Crippen LogP contribution in [0.1, 0.15) is 18.4 Å². The van der Waals surface area contributed by atoms with Gasteiger partial charge >= 0.3 is 0 Å². The Bertz CT molecular complexity index is 906. The SMILES string of the molecule is O=c1[nH]c[c]cc1-c1cc2cc(CN3CCC(F)CC3)ccc2[nH]1. The first-order valence-electron chi connectivity index (χ1n) is 8.26. The molecule has 0 bridgehead atoms. The van der Waals surface area contributed by atoms with Crippen LogP contribution in [-0.4, -0.2) is 34.1 Å². The second kappa shape index (κ2) is 6.24. The van der Waals surface area contributed by atoms with Crippen molar-refractivity contribution in [2.45, 2.75) is 25.6 Å². The molecule has 1 fully saturated rings. The van der Waals surface area contributed by atoms with Crippen LogP contribution >= 0.6 is 0 Å². The number of fused-ring (bicyclic) bond motifs is 1. The number of rotatable bonds is 3. The van der Waals surface area contributed by atoms with Gasteiger partial charge in [0.25, 0.3) is 5.56 Å². The van der Waals surface area contributed by atoms with E-state index in [1.165, 1.54) is 11.8 Å². The summed E-state index contributed by atoms with van der Waals surface area (Å²) < 4.78 is 13.2. The largest absolute Gasteiger partial charge is 0.354 e. The highest BCUT2D eigenvalue weighted by molar-refractivity contribution is 5.86. The molecule has 1 saturated heterocycles. The molecule has 4 rings (SSSR count). The Labute approximate surface area is 139 Å². The van der Waals surface area contributed by atoms with Gasteiger partial charge in [-0.1, -0.05) is 6.07 Å². The highest BCUT2D eigenvalue weighted by Crippen LogP contribution is 2.24. The summed E-state index contributed by atoms with van der Waals surface area (Å²) in [7, 11) is 0. The number of aromatic amines is 2. The van der Waals surface area contributed by atoms with Crippen molar-refractivity contribution in [2.75, 3.05) is 13.1 Å². The molecule has 1 aliphatic rings. The van der Waals surface area contributed by atoms with Crippen molar-refractivity contribution in [1.82, 2.24) is 14.9 Å². The van der Waals surface area contributed by atoms with Gasteiger partial charge in [-0.25, -0.2) is 4.39 Å². The standard InChI is InChI=1S/C19H19FN3O/c20-15-5-8-23(9-6-15)12-13-3-4-17-14(10-13)11-18(22-17)16-2-1-7-21-19(16)24/h2-4,7,10-11,15,22H,5-6,8-9,12H2,(H,21,24). The second-order valence-electron chi connectivity index (χ2n) is 6.40. The first kappa shape index (κ1) is 15.1. The van der Waals surface area contributed by atoms with Crippen molar-refractivity contribution in [2.24, 2.45) is 0 Å². The van der Waals surface area contributed by atoms with Crippen LogP contribution in [0.25, 0.3) is 22.2 Å². The van der Waals surface area contributed by atoms with Gasteiger partial charge in [0, 0.05) is 42.8 Å². The minimum absolute atomic E-state index is 0.130. The van der Waals surface area contributed by atoms with Crippen LogP contribution < -0.4 is 5.56 Å². The predicted molar refractivity (Wildman–Crippen MR) is 92.6 cm³/mol. The molecule has 123 valence electrons. The lowest BCUT2D eigenvalue weighted by molar-refractivity contribution is 0.145. The molecule has 2 aromatic heterocycles. The van der Waals surface area contributed by atoms with E-state index in [4.69, 9.17) is 0 Å². The number of hydrogen-bond donors (Lipinski definition) is 2. The lowest BCUT2D eigenvalue weighted by Crippen LogP contribution is -2.33. The number of hydrogen-bond acceptors (Lipinski definition) is 2. The molecule has 3 aromatic rings. The number of nitrogens with zero attached hydrogens (tertiary/aromatic N) is 1. The quantitative estimate of drug-likeness (QED) is 0.777. The average Bonchev–Trinajstić information content (AvgIpc) is 3.00. The lowest BCUT2D eigenvalue weighted by Gasteiger charge is -2.28. The average molecular weight is 324 g/mol. The molecule has 0 unspecified atom stereocenters. The van der Waals surface area contributed by atoms with Gasteiger partial charge in [0.1, 0.15) is 6.17 Å². The summed E-state index contributed by atoms with van der Waals surface area (Å²) in [6, 6.07) is 12.8. The topological polar surface area (TPSA) is 51.9 Å². The van der Waals surface area contributed by atoms with Gasteiger partial charge in [-0.2, -0.15) is 0 Å². The summed E-state index contributed by atoms with van der Waals surface area (Å²) in [6.45, 7) is 2.46. The molecular weight excluding hydrogens is 305 g/mol. The van der Waals surface area contributed by atoms with Crippen LogP contribution in [0, 0.1) is 6.07 Å². The molecule has 0 amide bonds. The van der Waals surface area contributed by atoms with E-state index in [0.29, 0.717) is 18.4 Å². The third kappa shape index (κ3) is 2.99. The molecule has 0 spiro atoms. The molecule has 1 aliphatic heterocycles. The van der Waals surface area contributed by atoms with E-state index in [-0.39, 0.29) is 5.56 Å². The molecule has 0 saturated carbocycles. The summed E-state index contributed by atoms with van der Waals surface area (Å²) in [6.07, 6.45) is 2.12. The maximum absolute atomic E-state index is 13.2. The number of likely N-dealkylation sites (tertiary alicyclic amines) is 1. The maximum Gasteiger partial charge on any atom is 0.257 e. The van der Waals surface area contributed by atoms with E-state index in [1.54, 1.807) is 6.07 Å². The van der Waals surface area contributed by atoms with Crippen LogP contribution in [-0.2, 0) is 6.54 Å². The Balaban J connectivity index is 1.60. The van der Waals surface area contributed by atoms with Crippen LogP contribution in [0.15, 0.2) is 41.3 Å². The van der Waals surface area contributed by atoms with Crippen molar-refractivity contribution >= 4 is 10.9 Å². The number of H-pyrrole nitrogens is 2. The van der Waals surface area contributed by atoms with Gasteiger partial charge in [-0.05, 0) is 42.7 Å². The highest BCUT2D eigenvalue weighted by atomic mass is 19.1. The van der Waals surface area contributed by atoms with E-state index < -0.39 is 6.17 Å². The van der Waals surface area contributed by atoms with Crippen molar-refractivity contribution in [3.8, 4) is 11.3 Å². The van der Waals surface area contributed by atoms with E-state index >= 15 is 0 Å².